The van der Waals surface area contributed by atoms with Crippen molar-refractivity contribution in [2.75, 3.05) is 13.1 Å². The fourth-order valence-corrected chi connectivity index (χ4v) is 2.86. The maximum Gasteiger partial charge on any atom is 0.162 e. The first-order valence-electron chi connectivity index (χ1n) is 6.76. The maximum atomic E-state index is 13.6. The molecule has 0 saturated carbocycles. The number of halogens is 2. The van der Waals surface area contributed by atoms with Crippen molar-refractivity contribution >= 4 is 5.78 Å². The molecule has 1 aliphatic rings. The summed E-state index contributed by atoms with van der Waals surface area (Å²) < 4.78 is 26.8. The van der Waals surface area contributed by atoms with Gasteiger partial charge in [-0.25, -0.2) is 8.78 Å². The van der Waals surface area contributed by atoms with Crippen molar-refractivity contribution in [3.8, 4) is 0 Å². The molecular weight excluding hydrogens is 248 g/mol. The lowest BCUT2D eigenvalue weighted by atomic mass is 9.76. The highest BCUT2D eigenvalue weighted by Gasteiger charge is 2.39. The van der Waals surface area contributed by atoms with Crippen LogP contribution < -0.4 is 5.32 Å². The molecule has 1 fully saturated rings. The Morgan fingerprint density at radius 2 is 2.21 bits per heavy atom. The van der Waals surface area contributed by atoms with Crippen LogP contribution in [0, 0.1) is 17.0 Å². The number of carbonyl (C=O) groups is 1. The van der Waals surface area contributed by atoms with Gasteiger partial charge in [-0.2, -0.15) is 0 Å². The molecule has 1 aromatic rings. The Morgan fingerprint density at radius 3 is 2.84 bits per heavy atom. The van der Waals surface area contributed by atoms with Crippen LogP contribution in [0.2, 0.25) is 0 Å². The van der Waals surface area contributed by atoms with E-state index in [1.54, 1.807) is 0 Å². The molecule has 104 valence electrons. The molecule has 1 heterocycles. The van der Waals surface area contributed by atoms with E-state index in [1.807, 2.05) is 6.92 Å². The van der Waals surface area contributed by atoms with Gasteiger partial charge in [0, 0.05) is 18.4 Å². The molecule has 4 heteroatoms. The summed E-state index contributed by atoms with van der Waals surface area (Å²) >= 11 is 0. The Balaban J connectivity index is 2.17. The summed E-state index contributed by atoms with van der Waals surface area (Å²) in [5.74, 6) is -1.77. The summed E-state index contributed by atoms with van der Waals surface area (Å²) in [5, 5.41) is 3.20. The van der Waals surface area contributed by atoms with E-state index in [1.165, 1.54) is 12.1 Å². The molecule has 1 unspecified atom stereocenters. The summed E-state index contributed by atoms with van der Waals surface area (Å²) in [4.78, 5) is 12.5. The standard InChI is InChI=1S/C15H19F2NO/c1-2-6-15(7-8-18-10-15)13(19)9-11-4-3-5-12(16)14(11)17/h3-5,18H,2,6-10H2,1H3. The van der Waals surface area contributed by atoms with Gasteiger partial charge in [-0.3, -0.25) is 4.79 Å². The molecule has 1 aromatic carbocycles. The van der Waals surface area contributed by atoms with Crippen molar-refractivity contribution in [2.24, 2.45) is 5.41 Å². The van der Waals surface area contributed by atoms with E-state index in [2.05, 4.69) is 5.32 Å². The highest BCUT2D eigenvalue weighted by atomic mass is 19.2. The fraction of sp³-hybridized carbons (Fsp3) is 0.533. The molecule has 1 N–H and O–H groups in total. The van der Waals surface area contributed by atoms with Crippen molar-refractivity contribution in [1.82, 2.24) is 5.32 Å². The monoisotopic (exact) mass is 267 g/mol. The molecule has 0 spiro atoms. The number of carbonyl (C=O) groups excluding carboxylic acids is 1. The summed E-state index contributed by atoms with van der Waals surface area (Å²) in [6.45, 7) is 3.50. The molecule has 0 aliphatic carbocycles. The van der Waals surface area contributed by atoms with Crippen LogP contribution in [-0.4, -0.2) is 18.9 Å². The summed E-state index contributed by atoms with van der Waals surface area (Å²) in [6.07, 6.45) is 2.48. The summed E-state index contributed by atoms with van der Waals surface area (Å²) in [7, 11) is 0. The van der Waals surface area contributed by atoms with Crippen molar-refractivity contribution in [2.45, 2.75) is 32.6 Å². The van der Waals surface area contributed by atoms with Gasteiger partial charge < -0.3 is 5.32 Å². The van der Waals surface area contributed by atoms with Crippen LogP contribution in [-0.2, 0) is 11.2 Å². The lowest BCUT2D eigenvalue weighted by molar-refractivity contribution is -0.127. The molecule has 0 amide bonds. The van der Waals surface area contributed by atoms with Gasteiger partial charge in [0.25, 0.3) is 0 Å². The SMILES string of the molecule is CCCC1(C(=O)Cc2cccc(F)c2F)CCNC1. The van der Waals surface area contributed by atoms with E-state index in [0.717, 1.165) is 31.9 Å². The third kappa shape index (κ3) is 2.84. The minimum absolute atomic E-state index is 0.0175. The lowest BCUT2D eigenvalue weighted by Crippen LogP contribution is -2.34. The van der Waals surface area contributed by atoms with Crippen LogP contribution in [0.1, 0.15) is 31.7 Å². The van der Waals surface area contributed by atoms with Gasteiger partial charge in [-0.15, -0.1) is 0 Å². The van der Waals surface area contributed by atoms with Crippen molar-refractivity contribution in [3.05, 3.63) is 35.4 Å². The first kappa shape index (κ1) is 14.1. The van der Waals surface area contributed by atoms with Gasteiger partial charge in [-0.05, 0) is 31.0 Å². The number of benzene rings is 1. The molecule has 0 aromatic heterocycles. The second-order valence-corrected chi connectivity index (χ2v) is 5.27. The third-order valence-electron chi connectivity index (χ3n) is 3.95. The van der Waals surface area contributed by atoms with E-state index >= 15 is 0 Å². The average Bonchev–Trinajstić information content (AvgIpc) is 2.85. The first-order chi connectivity index (χ1) is 9.09. The normalized spacial score (nSPS) is 22.7. The molecule has 1 atom stereocenters. The zero-order chi connectivity index (χ0) is 13.9. The minimum atomic E-state index is -0.895. The van der Waals surface area contributed by atoms with Crippen LogP contribution >= 0.6 is 0 Å². The van der Waals surface area contributed by atoms with E-state index in [4.69, 9.17) is 0 Å². The fourth-order valence-electron chi connectivity index (χ4n) is 2.86. The quantitative estimate of drug-likeness (QED) is 0.888. The number of hydrogen-bond donors (Lipinski definition) is 1. The van der Waals surface area contributed by atoms with Gasteiger partial charge in [0.1, 0.15) is 5.78 Å². The lowest BCUT2D eigenvalue weighted by Gasteiger charge is -2.26. The van der Waals surface area contributed by atoms with Crippen LogP contribution in [0.25, 0.3) is 0 Å². The van der Waals surface area contributed by atoms with Gasteiger partial charge in [-0.1, -0.05) is 25.5 Å². The zero-order valence-electron chi connectivity index (χ0n) is 11.1. The van der Waals surface area contributed by atoms with Gasteiger partial charge >= 0.3 is 0 Å². The predicted molar refractivity (Wildman–Crippen MR) is 69.9 cm³/mol. The van der Waals surface area contributed by atoms with Gasteiger partial charge in [0.05, 0.1) is 0 Å². The molecule has 19 heavy (non-hydrogen) atoms. The Morgan fingerprint density at radius 1 is 1.42 bits per heavy atom. The van der Waals surface area contributed by atoms with E-state index < -0.39 is 17.0 Å². The van der Waals surface area contributed by atoms with Gasteiger partial charge in [0.15, 0.2) is 11.6 Å². The van der Waals surface area contributed by atoms with Crippen molar-refractivity contribution in [1.29, 1.82) is 0 Å². The largest absolute Gasteiger partial charge is 0.316 e. The Hall–Kier alpha value is -1.29. The molecule has 2 rings (SSSR count). The smallest absolute Gasteiger partial charge is 0.162 e. The Bertz CT molecular complexity index is 467. The molecule has 0 radical (unpaired) electrons. The van der Waals surface area contributed by atoms with Crippen LogP contribution in [0.15, 0.2) is 18.2 Å². The Labute approximate surface area is 112 Å². The first-order valence-corrected chi connectivity index (χ1v) is 6.76. The van der Waals surface area contributed by atoms with Crippen LogP contribution in [0.3, 0.4) is 0 Å². The maximum absolute atomic E-state index is 13.6. The van der Waals surface area contributed by atoms with E-state index in [-0.39, 0.29) is 17.8 Å². The minimum Gasteiger partial charge on any atom is -0.316 e. The number of hydrogen-bond acceptors (Lipinski definition) is 2. The number of rotatable bonds is 5. The topological polar surface area (TPSA) is 29.1 Å². The molecule has 2 nitrogen and oxygen atoms in total. The summed E-state index contributed by atoms with van der Waals surface area (Å²) in [5.41, 5.74) is -0.236. The van der Waals surface area contributed by atoms with Crippen LogP contribution in [0.5, 0.6) is 0 Å². The number of ketones is 1. The average molecular weight is 267 g/mol. The van der Waals surface area contributed by atoms with Crippen molar-refractivity contribution < 1.29 is 13.6 Å². The molecule has 1 aliphatic heterocycles. The number of nitrogens with one attached hydrogen (secondary N) is 1. The van der Waals surface area contributed by atoms with E-state index in [0.29, 0.717) is 6.54 Å². The zero-order valence-corrected chi connectivity index (χ0v) is 11.1. The molecular formula is C15H19F2NO. The molecule has 1 saturated heterocycles. The third-order valence-corrected chi connectivity index (χ3v) is 3.95. The van der Waals surface area contributed by atoms with E-state index in [9.17, 15) is 13.6 Å². The van der Waals surface area contributed by atoms with Crippen molar-refractivity contribution in [3.63, 3.8) is 0 Å². The van der Waals surface area contributed by atoms with Crippen LogP contribution in [0.4, 0.5) is 8.78 Å². The second-order valence-electron chi connectivity index (χ2n) is 5.27. The highest BCUT2D eigenvalue weighted by Crippen LogP contribution is 2.33. The van der Waals surface area contributed by atoms with Gasteiger partial charge in [0.2, 0.25) is 0 Å². The predicted octanol–water partition coefficient (Wildman–Crippen LogP) is 2.86. The highest BCUT2D eigenvalue weighted by molar-refractivity contribution is 5.87. The summed E-state index contributed by atoms with van der Waals surface area (Å²) in [6, 6.07) is 4.00. The molecule has 0 bridgehead atoms. The second kappa shape index (κ2) is 5.78. The Kier molecular flexibility index (Phi) is 4.30. The number of Topliss-reactive ketones (excluding diaryl/α,β-unsaturated/α-hetero) is 1.